The average molecular weight is 266 g/mol. The van der Waals surface area contributed by atoms with E-state index in [2.05, 4.69) is 17.2 Å². The predicted molar refractivity (Wildman–Crippen MR) is 73.0 cm³/mol. The minimum Gasteiger partial charge on any atom is -0.481 e. The van der Waals surface area contributed by atoms with Crippen LogP contribution in [0, 0.1) is 0 Å². The Morgan fingerprint density at radius 3 is 2.89 bits per heavy atom. The van der Waals surface area contributed by atoms with Gasteiger partial charge >= 0.3 is 5.97 Å². The topological polar surface area (TPSA) is 60.5 Å². The summed E-state index contributed by atoms with van der Waals surface area (Å²) in [5.41, 5.74) is 1.03. The molecule has 1 N–H and O–H groups in total. The molecule has 1 rings (SSSR count). The van der Waals surface area contributed by atoms with Gasteiger partial charge in [-0.3, -0.25) is 4.79 Å². The van der Waals surface area contributed by atoms with Gasteiger partial charge in [0.2, 0.25) is 5.88 Å². The smallest absolute Gasteiger partial charge is 0.322 e. The van der Waals surface area contributed by atoms with Crippen LogP contribution in [0.25, 0.3) is 0 Å². The van der Waals surface area contributed by atoms with Crippen LogP contribution in [-0.2, 0) is 16.1 Å². The number of esters is 1. The molecule has 0 aliphatic heterocycles. The monoisotopic (exact) mass is 266 g/mol. The summed E-state index contributed by atoms with van der Waals surface area (Å²) in [5.74, 6) is 0.358. The molecule has 5 nitrogen and oxygen atoms in total. The lowest BCUT2D eigenvalue weighted by molar-refractivity contribution is -0.143. The van der Waals surface area contributed by atoms with Crippen molar-refractivity contribution in [1.82, 2.24) is 10.3 Å². The first-order valence-corrected chi connectivity index (χ1v) is 6.51. The maximum Gasteiger partial charge on any atom is 0.322 e. The molecule has 0 amide bonds. The van der Waals surface area contributed by atoms with Crippen LogP contribution >= 0.6 is 0 Å². The van der Waals surface area contributed by atoms with Crippen molar-refractivity contribution in [2.24, 2.45) is 0 Å². The molecule has 1 atom stereocenters. The summed E-state index contributed by atoms with van der Waals surface area (Å²) >= 11 is 0. The molecule has 0 spiro atoms. The van der Waals surface area contributed by atoms with Crippen LogP contribution in [0.2, 0.25) is 0 Å². The summed E-state index contributed by atoms with van der Waals surface area (Å²) in [6.45, 7) is 2.68. The second kappa shape index (κ2) is 8.48. The van der Waals surface area contributed by atoms with Gasteiger partial charge in [-0.05, 0) is 18.1 Å². The van der Waals surface area contributed by atoms with Gasteiger partial charge in [-0.15, -0.1) is 0 Å². The Kier molecular flexibility index (Phi) is 6.89. The third-order valence-electron chi connectivity index (χ3n) is 2.89. The van der Waals surface area contributed by atoms with E-state index in [1.165, 1.54) is 7.11 Å². The van der Waals surface area contributed by atoms with E-state index < -0.39 is 0 Å². The van der Waals surface area contributed by atoms with Crippen molar-refractivity contribution >= 4 is 5.97 Å². The number of hydrogen-bond donors (Lipinski definition) is 1. The molecule has 0 aliphatic carbocycles. The molecule has 19 heavy (non-hydrogen) atoms. The van der Waals surface area contributed by atoms with Crippen LogP contribution in [-0.4, -0.2) is 31.2 Å². The van der Waals surface area contributed by atoms with Crippen LogP contribution in [0.3, 0.4) is 0 Å². The van der Waals surface area contributed by atoms with E-state index in [0.29, 0.717) is 12.4 Å². The molecule has 0 fully saturated rings. The van der Waals surface area contributed by atoms with Crippen LogP contribution in [0.4, 0.5) is 0 Å². The molecule has 0 aliphatic rings. The molecule has 1 heterocycles. The molecule has 106 valence electrons. The normalized spacial score (nSPS) is 11.9. The molecule has 1 aromatic heterocycles. The van der Waals surface area contributed by atoms with Gasteiger partial charge in [-0.1, -0.05) is 19.8 Å². The zero-order valence-corrected chi connectivity index (χ0v) is 11.8. The number of nitrogens with one attached hydrogen (secondary N) is 1. The van der Waals surface area contributed by atoms with E-state index in [-0.39, 0.29) is 12.0 Å². The largest absolute Gasteiger partial charge is 0.481 e. The van der Waals surface area contributed by atoms with Crippen molar-refractivity contribution in [3.8, 4) is 5.88 Å². The highest BCUT2D eigenvalue weighted by atomic mass is 16.5. The summed E-state index contributed by atoms with van der Waals surface area (Å²) < 4.78 is 9.87. The Balaban J connectivity index is 2.56. The predicted octanol–water partition coefficient (Wildman–Crippen LogP) is 1.91. The van der Waals surface area contributed by atoms with E-state index in [1.54, 1.807) is 13.3 Å². The quantitative estimate of drug-likeness (QED) is 0.728. The summed E-state index contributed by atoms with van der Waals surface area (Å²) in [7, 11) is 3.00. The molecule has 0 bridgehead atoms. The number of hydrogen-bond acceptors (Lipinski definition) is 5. The number of carbonyl (C=O) groups is 1. The Labute approximate surface area is 114 Å². The number of carbonyl (C=O) groups excluding carboxylic acids is 1. The standard InChI is InChI=1S/C14H22N2O3/c1-4-5-6-12(14(17)19-3)16-10-11-7-8-15-13(9-11)18-2/h7-9,12,16H,4-6,10H2,1-3H3. The van der Waals surface area contributed by atoms with Crippen molar-refractivity contribution in [1.29, 1.82) is 0 Å². The van der Waals surface area contributed by atoms with Crippen LogP contribution in [0.5, 0.6) is 5.88 Å². The van der Waals surface area contributed by atoms with Gasteiger partial charge in [0.05, 0.1) is 14.2 Å². The Morgan fingerprint density at radius 2 is 2.26 bits per heavy atom. The minimum absolute atomic E-state index is 0.213. The SMILES string of the molecule is CCCCC(NCc1ccnc(OC)c1)C(=O)OC. The lowest BCUT2D eigenvalue weighted by Crippen LogP contribution is -2.37. The third-order valence-corrected chi connectivity index (χ3v) is 2.89. The Morgan fingerprint density at radius 1 is 1.47 bits per heavy atom. The second-order valence-corrected chi connectivity index (χ2v) is 4.31. The fourth-order valence-corrected chi connectivity index (χ4v) is 1.77. The number of ether oxygens (including phenoxy) is 2. The van der Waals surface area contributed by atoms with Gasteiger partial charge in [0, 0.05) is 18.8 Å². The number of unbranched alkanes of at least 4 members (excludes halogenated alkanes) is 1. The van der Waals surface area contributed by atoms with Gasteiger partial charge in [0.25, 0.3) is 0 Å². The first-order valence-electron chi connectivity index (χ1n) is 6.51. The summed E-state index contributed by atoms with van der Waals surface area (Å²) in [6, 6.07) is 3.48. The van der Waals surface area contributed by atoms with E-state index in [0.717, 1.165) is 24.8 Å². The lowest BCUT2D eigenvalue weighted by Gasteiger charge is -2.16. The average Bonchev–Trinajstić information content (AvgIpc) is 2.46. The molecule has 0 saturated carbocycles. The number of nitrogens with zero attached hydrogens (tertiary/aromatic N) is 1. The van der Waals surface area contributed by atoms with Gasteiger partial charge in [0.1, 0.15) is 6.04 Å². The van der Waals surface area contributed by atoms with Crippen molar-refractivity contribution in [2.45, 2.75) is 38.8 Å². The van der Waals surface area contributed by atoms with Gasteiger partial charge in [-0.2, -0.15) is 0 Å². The Bertz CT molecular complexity index is 396. The lowest BCUT2D eigenvalue weighted by atomic mass is 10.1. The Hall–Kier alpha value is -1.62. The zero-order chi connectivity index (χ0) is 14.1. The molecule has 0 radical (unpaired) electrons. The maximum atomic E-state index is 11.6. The molecule has 1 unspecified atom stereocenters. The highest BCUT2D eigenvalue weighted by molar-refractivity contribution is 5.75. The molecule has 0 aromatic carbocycles. The van der Waals surface area contributed by atoms with Gasteiger partial charge in [0.15, 0.2) is 0 Å². The van der Waals surface area contributed by atoms with Crippen LogP contribution < -0.4 is 10.1 Å². The van der Waals surface area contributed by atoms with E-state index in [9.17, 15) is 4.79 Å². The number of rotatable bonds is 8. The summed E-state index contributed by atoms with van der Waals surface area (Å²) in [5, 5.41) is 3.21. The summed E-state index contributed by atoms with van der Waals surface area (Å²) in [6.07, 6.45) is 4.52. The molecular formula is C14H22N2O3. The zero-order valence-electron chi connectivity index (χ0n) is 11.8. The maximum absolute atomic E-state index is 11.6. The molecule has 5 heteroatoms. The highest BCUT2D eigenvalue weighted by Crippen LogP contribution is 2.09. The fourth-order valence-electron chi connectivity index (χ4n) is 1.77. The minimum atomic E-state index is -0.260. The number of aromatic nitrogens is 1. The van der Waals surface area contributed by atoms with E-state index in [4.69, 9.17) is 9.47 Å². The third kappa shape index (κ3) is 5.26. The highest BCUT2D eigenvalue weighted by Gasteiger charge is 2.17. The molecule has 1 aromatic rings. The van der Waals surface area contributed by atoms with Gasteiger partial charge < -0.3 is 14.8 Å². The van der Waals surface area contributed by atoms with Crippen molar-refractivity contribution in [2.75, 3.05) is 14.2 Å². The van der Waals surface area contributed by atoms with E-state index >= 15 is 0 Å². The number of methoxy groups -OCH3 is 2. The van der Waals surface area contributed by atoms with Gasteiger partial charge in [-0.25, -0.2) is 4.98 Å². The fraction of sp³-hybridized carbons (Fsp3) is 0.571. The number of pyridine rings is 1. The van der Waals surface area contributed by atoms with Crippen LogP contribution in [0.1, 0.15) is 31.7 Å². The molecule has 0 saturated heterocycles. The second-order valence-electron chi connectivity index (χ2n) is 4.31. The summed E-state index contributed by atoms with van der Waals surface area (Å²) in [4.78, 5) is 15.7. The van der Waals surface area contributed by atoms with Crippen molar-refractivity contribution < 1.29 is 14.3 Å². The van der Waals surface area contributed by atoms with Crippen LogP contribution in [0.15, 0.2) is 18.3 Å². The molecular weight excluding hydrogens is 244 g/mol. The first kappa shape index (κ1) is 15.4. The first-order chi connectivity index (χ1) is 9.21. The van der Waals surface area contributed by atoms with Crippen molar-refractivity contribution in [3.05, 3.63) is 23.9 Å². The van der Waals surface area contributed by atoms with E-state index in [1.807, 2.05) is 12.1 Å². The van der Waals surface area contributed by atoms with Crippen molar-refractivity contribution in [3.63, 3.8) is 0 Å².